The molecule has 25 heavy (non-hydrogen) atoms. The Kier molecular flexibility index (Phi) is 5.45. The molecule has 2 aromatic carbocycles. The van der Waals surface area contributed by atoms with Crippen LogP contribution in [0, 0.1) is 0 Å². The van der Waals surface area contributed by atoms with Crippen molar-refractivity contribution in [1.29, 1.82) is 0 Å². The first kappa shape index (κ1) is 17.6. The lowest BCUT2D eigenvalue weighted by molar-refractivity contribution is -0.115. The van der Waals surface area contributed by atoms with Crippen molar-refractivity contribution in [3.8, 4) is 5.75 Å². The van der Waals surface area contributed by atoms with Gasteiger partial charge in [-0.05, 0) is 48.9 Å². The highest BCUT2D eigenvalue weighted by Crippen LogP contribution is 2.31. The van der Waals surface area contributed by atoms with Gasteiger partial charge in [0.15, 0.2) is 5.13 Å². The van der Waals surface area contributed by atoms with Crippen LogP contribution in [0.25, 0.3) is 10.2 Å². The lowest BCUT2D eigenvalue weighted by Crippen LogP contribution is -2.24. The minimum absolute atomic E-state index is 0.0460. The van der Waals surface area contributed by atoms with Gasteiger partial charge in [-0.15, -0.1) is 11.8 Å². The van der Waals surface area contributed by atoms with E-state index in [0.717, 1.165) is 27.3 Å². The maximum absolute atomic E-state index is 12.6. The van der Waals surface area contributed by atoms with Gasteiger partial charge in [-0.3, -0.25) is 4.79 Å². The quantitative estimate of drug-likeness (QED) is 0.495. The number of nitrogen functional groups attached to an aromatic ring is 1. The highest BCUT2D eigenvalue weighted by atomic mass is 32.2. The number of amides is 1. The number of nitrogens with zero attached hydrogens (tertiary/aromatic N) is 1. The number of rotatable bonds is 6. The zero-order chi connectivity index (χ0) is 17.8. The summed E-state index contributed by atoms with van der Waals surface area (Å²) in [5, 5.41) is 3.35. The highest BCUT2D eigenvalue weighted by molar-refractivity contribution is 8.00. The van der Waals surface area contributed by atoms with Crippen LogP contribution in [-0.4, -0.2) is 23.3 Å². The van der Waals surface area contributed by atoms with Crippen molar-refractivity contribution in [1.82, 2.24) is 4.98 Å². The summed E-state index contributed by atoms with van der Waals surface area (Å²) >= 11 is 2.97. The Morgan fingerprint density at radius 3 is 2.76 bits per heavy atom. The van der Waals surface area contributed by atoms with Gasteiger partial charge in [0.1, 0.15) is 5.75 Å². The Labute approximate surface area is 154 Å². The molecule has 0 aliphatic heterocycles. The van der Waals surface area contributed by atoms with E-state index in [0.29, 0.717) is 10.8 Å². The molecule has 1 amide bonds. The molecule has 1 unspecified atom stereocenters. The van der Waals surface area contributed by atoms with Gasteiger partial charge in [-0.1, -0.05) is 18.3 Å². The second-order valence-electron chi connectivity index (χ2n) is 5.43. The number of ether oxygens (including phenoxy) is 1. The molecule has 3 aromatic rings. The third-order valence-corrected chi connectivity index (χ3v) is 5.96. The first-order valence-corrected chi connectivity index (χ1v) is 9.56. The van der Waals surface area contributed by atoms with E-state index in [1.165, 1.54) is 23.1 Å². The van der Waals surface area contributed by atoms with Gasteiger partial charge in [-0.25, -0.2) is 4.98 Å². The number of fused-ring (bicyclic) bond motifs is 1. The molecular formula is C18H19N3O2S2. The number of hydrogen-bond donors (Lipinski definition) is 2. The van der Waals surface area contributed by atoms with Gasteiger partial charge < -0.3 is 15.8 Å². The van der Waals surface area contributed by atoms with Crippen LogP contribution in [-0.2, 0) is 4.79 Å². The molecule has 0 fully saturated rings. The number of nitrogens with two attached hydrogens (primary N) is 1. The third-order valence-electron chi connectivity index (χ3n) is 3.65. The summed E-state index contributed by atoms with van der Waals surface area (Å²) in [6, 6.07) is 13.2. The Morgan fingerprint density at radius 2 is 2.08 bits per heavy atom. The van der Waals surface area contributed by atoms with Gasteiger partial charge in [-0.2, -0.15) is 0 Å². The predicted octanol–water partition coefficient (Wildman–Crippen LogP) is 4.40. The summed E-state index contributed by atoms with van der Waals surface area (Å²) in [6.45, 7) is 2.00. The molecule has 0 saturated carbocycles. The Hall–Kier alpha value is -2.25. The van der Waals surface area contributed by atoms with Crippen molar-refractivity contribution in [2.45, 2.75) is 23.5 Å². The van der Waals surface area contributed by atoms with E-state index in [-0.39, 0.29) is 11.2 Å². The van der Waals surface area contributed by atoms with Crippen molar-refractivity contribution >= 4 is 50.0 Å². The fraction of sp³-hybridized carbons (Fsp3) is 0.222. The molecule has 0 bridgehead atoms. The van der Waals surface area contributed by atoms with E-state index in [1.807, 2.05) is 49.4 Å². The summed E-state index contributed by atoms with van der Waals surface area (Å²) < 4.78 is 6.20. The standard InChI is InChI=1S/C18H19N3O2S2/c1-3-15(24-13-7-4-11(19)5-8-13)17(22)21-18-20-14-9-6-12(23-2)10-16(14)25-18/h4-10,15H,3,19H2,1-2H3,(H,20,21,22). The molecule has 0 spiro atoms. The van der Waals surface area contributed by atoms with Gasteiger partial charge in [0.05, 0.1) is 22.6 Å². The molecular weight excluding hydrogens is 354 g/mol. The number of aromatic nitrogens is 1. The lowest BCUT2D eigenvalue weighted by atomic mass is 10.3. The third kappa shape index (κ3) is 4.24. The Balaban J connectivity index is 1.72. The van der Waals surface area contributed by atoms with Gasteiger partial charge in [0.25, 0.3) is 0 Å². The number of nitrogens with one attached hydrogen (secondary N) is 1. The number of methoxy groups -OCH3 is 1. The monoisotopic (exact) mass is 373 g/mol. The molecule has 0 radical (unpaired) electrons. The van der Waals surface area contributed by atoms with E-state index in [1.54, 1.807) is 7.11 Å². The van der Waals surface area contributed by atoms with Crippen molar-refractivity contribution in [2.75, 3.05) is 18.2 Å². The summed E-state index contributed by atoms with van der Waals surface area (Å²) in [5.74, 6) is 0.731. The van der Waals surface area contributed by atoms with E-state index in [2.05, 4.69) is 10.3 Å². The number of thioether (sulfide) groups is 1. The predicted molar refractivity (Wildman–Crippen MR) is 106 cm³/mol. The molecule has 0 aliphatic carbocycles. The molecule has 3 rings (SSSR count). The normalized spacial score (nSPS) is 12.1. The first-order chi connectivity index (χ1) is 12.1. The number of anilines is 2. The minimum atomic E-state index is -0.190. The second kappa shape index (κ2) is 7.76. The zero-order valence-electron chi connectivity index (χ0n) is 14.0. The summed E-state index contributed by atoms with van der Waals surface area (Å²) in [6.07, 6.45) is 0.722. The molecule has 5 nitrogen and oxygen atoms in total. The molecule has 1 aromatic heterocycles. The summed E-state index contributed by atoms with van der Waals surface area (Å²) in [7, 11) is 1.63. The number of carbonyl (C=O) groups is 1. The van der Waals surface area contributed by atoms with E-state index in [9.17, 15) is 4.79 Å². The first-order valence-electron chi connectivity index (χ1n) is 7.86. The van der Waals surface area contributed by atoms with E-state index < -0.39 is 0 Å². The molecule has 130 valence electrons. The van der Waals surface area contributed by atoms with Crippen LogP contribution < -0.4 is 15.8 Å². The summed E-state index contributed by atoms with van der Waals surface area (Å²) in [4.78, 5) is 18.1. The smallest absolute Gasteiger partial charge is 0.239 e. The van der Waals surface area contributed by atoms with Crippen molar-refractivity contribution < 1.29 is 9.53 Å². The van der Waals surface area contributed by atoms with Crippen LogP contribution >= 0.6 is 23.1 Å². The van der Waals surface area contributed by atoms with Crippen LogP contribution in [0.2, 0.25) is 0 Å². The topological polar surface area (TPSA) is 77.2 Å². The van der Waals surface area contributed by atoms with Gasteiger partial charge >= 0.3 is 0 Å². The molecule has 3 N–H and O–H groups in total. The summed E-state index contributed by atoms with van der Waals surface area (Å²) in [5.41, 5.74) is 7.27. The molecule has 1 atom stereocenters. The van der Waals surface area contributed by atoms with Crippen LogP contribution in [0.1, 0.15) is 13.3 Å². The van der Waals surface area contributed by atoms with Crippen LogP contribution in [0.15, 0.2) is 47.4 Å². The average molecular weight is 374 g/mol. The number of carbonyl (C=O) groups excluding carboxylic acids is 1. The maximum Gasteiger partial charge on any atom is 0.239 e. The lowest BCUT2D eigenvalue weighted by Gasteiger charge is -2.13. The fourth-order valence-corrected chi connectivity index (χ4v) is 4.16. The minimum Gasteiger partial charge on any atom is -0.497 e. The van der Waals surface area contributed by atoms with E-state index >= 15 is 0 Å². The second-order valence-corrected chi connectivity index (χ2v) is 7.73. The van der Waals surface area contributed by atoms with Crippen LogP contribution in [0.5, 0.6) is 5.75 Å². The fourth-order valence-electron chi connectivity index (χ4n) is 2.30. The van der Waals surface area contributed by atoms with Crippen molar-refractivity contribution in [2.24, 2.45) is 0 Å². The SMILES string of the molecule is CCC(Sc1ccc(N)cc1)C(=O)Nc1nc2ccc(OC)cc2s1. The zero-order valence-corrected chi connectivity index (χ0v) is 15.6. The van der Waals surface area contributed by atoms with E-state index in [4.69, 9.17) is 10.5 Å². The maximum atomic E-state index is 12.6. The number of thiazole rings is 1. The molecule has 0 saturated heterocycles. The Morgan fingerprint density at radius 1 is 1.32 bits per heavy atom. The largest absolute Gasteiger partial charge is 0.497 e. The highest BCUT2D eigenvalue weighted by Gasteiger charge is 2.19. The Bertz CT molecular complexity index is 878. The van der Waals surface area contributed by atoms with Gasteiger partial charge in [0, 0.05) is 10.6 Å². The van der Waals surface area contributed by atoms with Crippen LogP contribution in [0.3, 0.4) is 0 Å². The van der Waals surface area contributed by atoms with Gasteiger partial charge in [0.2, 0.25) is 5.91 Å². The average Bonchev–Trinajstić information content (AvgIpc) is 3.02. The molecule has 1 heterocycles. The van der Waals surface area contributed by atoms with Crippen molar-refractivity contribution in [3.05, 3.63) is 42.5 Å². The number of benzene rings is 2. The van der Waals surface area contributed by atoms with Crippen molar-refractivity contribution in [3.63, 3.8) is 0 Å². The molecule has 0 aliphatic rings. The number of hydrogen-bond acceptors (Lipinski definition) is 6. The molecule has 7 heteroatoms. The van der Waals surface area contributed by atoms with Crippen LogP contribution in [0.4, 0.5) is 10.8 Å².